The first-order chi connectivity index (χ1) is 10.9. The number of carbonyl (C=O) groups excluding carboxylic acids is 1. The average Bonchev–Trinajstić information content (AvgIpc) is 2.95. The third kappa shape index (κ3) is 5.33. The number of amides is 1. The van der Waals surface area contributed by atoms with Gasteiger partial charge >= 0.3 is 0 Å². The number of nitrogens with one attached hydrogen (secondary N) is 1. The summed E-state index contributed by atoms with van der Waals surface area (Å²) in [5.74, 6) is 0.661. The summed E-state index contributed by atoms with van der Waals surface area (Å²) in [5, 5.41) is 5.86. The van der Waals surface area contributed by atoms with Gasteiger partial charge in [-0.05, 0) is 24.3 Å². The van der Waals surface area contributed by atoms with E-state index in [9.17, 15) is 4.79 Å². The molecule has 2 rings (SSSR count). The first-order valence-corrected chi connectivity index (χ1v) is 8.44. The fraction of sp³-hybridized carbons (Fsp3) is 0.412. The van der Waals surface area contributed by atoms with Crippen molar-refractivity contribution in [3.05, 3.63) is 40.3 Å². The predicted octanol–water partition coefficient (Wildman–Crippen LogP) is 2.96. The number of benzene rings is 1. The highest BCUT2D eigenvalue weighted by atomic mass is 32.1. The minimum absolute atomic E-state index is 0.0127. The van der Waals surface area contributed by atoms with Crippen LogP contribution in [0.3, 0.4) is 0 Å². The van der Waals surface area contributed by atoms with Gasteiger partial charge in [-0.25, -0.2) is 4.98 Å². The second kappa shape index (κ2) is 7.57. The third-order valence-corrected chi connectivity index (χ3v) is 4.38. The van der Waals surface area contributed by atoms with Crippen LogP contribution in [-0.4, -0.2) is 24.0 Å². The Labute approximate surface area is 140 Å². The van der Waals surface area contributed by atoms with Crippen LogP contribution in [0.15, 0.2) is 29.6 Å². The Morgan fingerprint density at radius 1 is 1.30 bits per heavy atom. The second-order valence-electron chi connectivity index (χ2n) is 6.28. The van der Waals surface area contributed by atoms with Crippen molar-refractivity contribution in [2.75, 3.05) is 18.5 Å². The zero-order valence-corrected chi connectivity index (χ0v) is 14.6. The molecule has 5 nitrogen and oxygen atoms in total. The normalized spacial score (nSPS) is 11.3. The molecule has 23 heavy (non-hydrogen) atoms. The zero-order valence-electron chi connectivity index (χ0n) is 13.8. The number of aromatic nitrogens is 1. The minimum Gasteiger partial charge on any atom is -0.492 e. The SMILES string of the molecule is CC(C)(C)c1nc(CC(=O)Nc2ccc(OCCN)cc2)cs1. The summed E-state index contributed by atoms with van der Waals surface area (Å²) in [5.41, 5.74) is 6.94. The van der Waals surface area contributed by atoms with E-state index in [1.165, 1.54) is 0 Å². The summed E-state index contributed by atoms with van der Waals surface area (Å²) in [7, 11) is 0. The summed E-state index contributed by atoms with van der Waals surface area (Å²) in [4.78, 5) is 16.6. The van der Waals surface area contributed by atoms with E-state index in [0.717, 1.165) is 22.1 Å². The molecule has 124 valence electrons. The van der Waals surface area contributed by atoms with Crippen LogP contribution in [0, 0.1) is 0 Å². The van der Waals surface area contributed by atoms with E-state index >= 15 is 0 Å². The highest BCUT2D eigenvalue weighted by Crippen LogP contribution is 2.25. The van der Waals surface area contributed by atoms with Gasteiger partial charge in [-0.2, -0.15) is 0 Å². The molecule has 0 aliphatic carbocycles. The van der Waals surface area contributed by atoms with Gasteiger partial charge in [-0.3, -0.25) is 4.79 Å². The number of rotatable bonds is 6. The average molecular weight is 333 g/mol. The Hall–Kier alpha value is -1.92. The fourth-order valence-corrected chi connectivity index (χ4v) is 2.82. The van der Waals surface area contributed by atoms with Crippen LogP contribution in [0.4, 0.5) is 5.69 Å². The molecule has 3 N–H and O–H groups in total. The summed E-state index contributed by atoms with van der Waals surface area (Å²) in [6.45, 7) is 7.30. The van der Waals surface area contributed by atoms with E-state index in [-0.39, 0.29) is 17.7 Å². The molecular formula is C17H23N3O2S. The molecule has 6 heteroatoms. The van der Waals surface area contributed by atoms with Crippen LogP contribution in [-0.2, 0) is 16.6 Å². The van der Waals surface area contributed by atoms with E-state index in [1.807, 2.05) is 29.6 Å². The van der Waals surface area contributed by atoms with Crippen LogP contribution in [0.25, 0.3) is 0 Å². The van der Waals surface area contributed by atoms with E-state index in [2.05, 4.69) is 31.1 Å². The highest BCUT2D eigenvalue weighted by Gasteiger charge is 2.18. The van der Waals surface area contributed by atoms with Gasteiger partial charge in [0.05, 0.1) is 17.1 Å². The smallest absolute Gasteiger partial charge is 0.230 e. The number of anilines is 1. The van der Waals surface area contributed by atoms with Crippen molar-refractivity contribution in [3.8, 4) is 5.75 Å². The summed E-state index contributed by atoms with van der Waals surface area (Å²) < 4.78 is 5.40. The lowest BCUT2D eigenvalue weighted by Crippen LogP contribution is -2.15. The van der Waals surface area contributed by atoms with Gasteiger partial charge in [0.1, 0.15) is 12.4 Å². The Bertz CT molecular complexity index is 645. The molecule has 0 saturated heterocycles. The van der Waals surface area contributed by atoms with E-state index in [4.69, 9.17) is 10.5 Å². The van der Waals surface area contributed by atoms with Gasteiger partial charge < -0.3 is 15.8 Å². The van der Waals surface area contributed by atoms with Crippen molar-refractivity contribution in [1.29, 1.82) is 0 Å². The lowest BCUT2D eigenvalue weighted by atomic mass is 9.98. The topological polar surface area (TPSA) is 77.2 Å². The maximum absolute atomic E-state index is 12.1. The standard InChI is InChI=1S/C17H23N3O2S/c1-17(2,3)16-20-13(11-23-16)10-15(21)19-12-4-6-14(7-5-12)22-9-8-18/h4-7,11H,8-10,18H2,1-3H3,(H,19,21). The molecule has 0 spiro atoms. The van der Waals surface area contributed by atoms with Crippen LogP contribution in [0.5, 0.6) is 5.75 Å². The van der Waals surface area contributed by atoms with Crippen molar-refractivity contribution in [3.63, 3.8) is 0 Å². The van der Waals surface area contributed by atoms with Gasteiger partial charge in [0.15, 0.2) is 0 Å². The molecule has 1 heterocycles. The molecule has 0 unspecified atom stereocenters. The van der Waals surface area contributed by atoms with E-state index in [0.29, 0.717) is 13.2 Å². The van der Waals surface area contributed by atoms with Crippen LogP contribution in [0.2, 0.25) is 0 Å². The maximum atomic E-state index is 12.1. The number of hydrogen-bond acceptors (Lipinski definition) is 5. The molecule has 0 bridgehead atoms. The van der Waals surface area contributed by atoms with Crippen molar-refractivity contribution >= 4 is 22.9 Å². The first kappa shape index (κ1) is 17.4. The predicted molar refractivity (Wildman–Crippen MR) is 94.1 cm³/mol. The summed E-state index contributed by atoms with van der Waals surface area (Å²) in [6, 6.07) is 7.24. The lowest BCUT2D eigenvalue weighted by Gasteiger charge is -2.13. The van der Waals surface area contributed by atoms with Gasteiger partial charge in [0.2, 0.25) is 5.91 Å². The molecule has 1 aromatic heterocycles. The number of nitrogens with two attached hydrogens (primary N) is 1. The number of ether oxygens (including phenoxy) is 1. The van der Waals surface area contributed by atoms with Crippen LogP contribution in [0.1, 0.15) is 31.5 Å². The number of thiazole rings is 1. The van der Waals surface area contributed by atoms with Crippen LogP contribution < -0.4 is 15.8 Å². The lowest BCUT2D eigenvalue weighted by molar-refractivity contribution is -0.115. The number of hydrogen-bond donors (Lipinski definition) is 2. The quantitative estimate of drug-likeness (QED) is 0.852. The molecule has 1 aromatic carbocycles. The molecule has 0 aliphatic heterocycles. The van der Waals surface area contributed by atoms with Gasteiger partial charge in [0, 0.05) is 23.0 Å². The Morgan fingerprint density at radius 3 is 2.57 bits per heavy atom. The van der Waals surface area contributed by atoms with Gasteiger partial charge in [-0.1, -0.05) is 20.8 Å². The van der Waals surface area contributed by atoms with E-state index < -0.39 is 0 Å². The molecule has 0 radical (unpaired) electrons. The van der Waals surface area contributed by atoms with Crippen molar-refractivity contribution in [1.82, 2.24) is 4.98 Å². The van der Waals surface area contributed by atoms with Crippen molar-refractivity contribution < 1.29 is 9.53 Å². The number of carbonyl (C=O) groups is 1. The molecule has 2 aromatic rings. The second-order valence-corrected chi connectivity index (χ2v) is 7.14. The maximum Gasteiger partial charge on any atom is 0.230 e. The minimum atomic E-state index is -0.0774. The molecule has 1 amide bonds. The third-order valence-electron chi connectivity index (χ3n) is 3.06. The molecule has 0 atom stereocenters. The van der Waals surface area contributed by atoms with Crippen molar-refractivity contribution in [2.45, 2.75) is 32.6 Å². The van der Waals surface area contributed by atoms with E-state index in [1.54, 1.807) is 11.3 Å². The summed E-state index contributed by atoms with van der Waals surface area (Å²) >= 11 is 1.60. The molecule has 0 fully saturated rings. The van der Waals surface area contributed by atoms with Crippen molar-refractivity contribution in [2.24, 2.45) is 5.73 Å². The summed E-state index contributed by atoms with van der Waals surface area (Å²) in [6.07, 6.45) is 0.276. The van der Waals surface area contributed by atoms with Crippen LogP contribution >= 0.6 is 11.3 Å². The number of nitrogens with zero attached hydrogens (tertiary/aromatic N) is 1. The monoisotopic (exact) mass is 333 g/mol. The fourth-order valence-electron chi connectivity index (χ4n) is 1.91. The molecule has 0 aliphatic rings. The molecular weight excluding hydrogens is 310 g/mol. The Morgan fingerprint density at radius 2 is 2.00 bits per heavy atom. The largest absolute Gasteiger partial charge is 0.492 e. The van der Waals surface area contributed by atoms with Gasteiger partial charge in [0.25, 0.3) is 0 Å². The highest BCUT2D eigenvalue weighted by molar-refractivity contribution is 7.09. The molecule has 0 saturated carbocycles. The van der Waals surface area contributed by atoms with Gasteiger partial charge in [-0.15, -0.1) is 11.3 Å². The Kier molecular flexibility index (Phi) is 5.74. The Balaban J connectivity index is 1.90. The first-order valence-electron chi connectivity index (χ1n) is 7.56. The zero-order chi connectivity index (χ0) is 16.9.